The Bertz CT molecular complexity index is 1220. The third kappa shape index (κ3) is 7.35. The molecule has 2 amide bonds. The van der Waals surface area contributed by atoms with E-state index in [4.69, 9.17) is 0 Å². The normalized spacial score (nSPS) is 19.4. The minimum absolute atomic E-state index is 0.0579. The van der Waals surface area contributed by atoms with Gasteiger partial charge in [0.2, 0.25) is 5.91 Å². The molecule has 1 aliphatic carbocycles. The maximum Gasteiger partial charge on any atom is 0.251 e. The Labute approximate surface area is 231 Å². The number of hydrogen-bond donors (Lipinski definition) is 1. The maximum absolute atomic E-state index is 13.4. The Kier molecular flexibility index (Phi) is 9.08. The van der Waals surface area contributed by atoms with Crippen molar-refractivity contribution in [2.45, 2.75) is 69.7 Å². The number of amides is 2. The van der Waals surface area contributed by atoms with E-state index in [1.807, 2.05) is 59.5 Å². The van der Waals surface area contributed by atoms with E-state index in [0.29, 0.717) is 23.8 Å². The van der Waals surface area contributed by atoms with Gasteiger partial charge in [0.05, 0.1) is 0 Å². The van der Waals surface area contributed by atoms with Gasteiger partial charge in [0, 0.05) is 18.7 Å². The van der Waals surface area contributed by atoms with Crippen LogP contribution in [0.2, 0.25) is 0 Å². The van der Waals surface area contributed by atoms with Gasteiger partial charge in [0.25, 0.3) is 5.91 Å². The molecule has 4 nitrogen and oxygen atoms in total. The molecular formula is C34H39FN2O2. The van der Waals surface area contributed by atoms with E-state index in [0.717, 1.165) is 69.2 Å². The van der Waals surface area contributed by atoms with Crippen LogP contribution in [0.4, 0.5) is 4.39 Å². The number of benzene rings is 3. The number of nitrogens with zero attached hydrogens (tertiary/aromatic N) is 1. The number of halogens is 1. The number of carbonyl (C=O) groups is 2. The summed E-state index contributed by atoms with van der Waals surface area (Å²) in [4.78, 5) is 28.5. The zero-order valence-corrected chi connectivity index (χ0v) is 22.7. The number of piperidine rings is 1. The van der Waals surface area contributed by atoms with Crippen molar-refractivity contribution >= 4 is 11.8 Å². The molecule has 2 fully saturated rings. The average molecular weight is 527 g/mol. The van der Waals surface area contributed by atoms with Crippen LogP contribution in [0.1, 0.15) is 79.6 Å². The third-order valence-corrected chi connectivity index (χ3v) is 8.31. The first kappa shape index (κ1) is 27.1. The van der Waals surface area contributed by atoms with Crippen LogP contribution in [0.15, 0.2) is 78.9 Å². The number of likely N-dealkylation sites (tertiary alicyclic amines) is 1. The van der Waals surface area contributed by atoms with Crippen molar-refractivity contribution in [3.05, 3.63) is 95.8 Å². The van der Waals surface area contributed by atoms with Crippen molar-refractivity contribution < 1.29 is 14.0 Å². The molecule has 2 aliphatic rings. The van der Waals surface area contributed by atoms with Crippen LogP contribution in [0.3, 0.4) is 0 Å². The van der Waals surface area contributed by atoms with Crippen LogP contribution in [-0.2, 0) is 4.79 Å². The number of rotatable bonds is 11. The lowest BCUT2D eigenvalue weighted by atomic mass is 10.0. The van der Waals surface area contributed by atoms with Gasteiger partial charge in [-0.2, -0.15) is 0 Å². The molecule has 5 heteroatoms. The first-order valence-electron chi connectivity index (χ1n) is 14.6. The van der Waals surface area contributed by atoms with Crippen molar-refractivity contribution in [1.29, 1.82) is 0 Å². The average Bonchev–Trinajstić information content (AvgIpc) is 3.77. The van der Waals surface area contributed by atoms with Crippen LogP contribution in [0.5, 0.6) is 0 Å². The van der Waals surface area contributed by atoms with Gasteiger partial charge in [-0.1, -0.05) is 73.9 Å². The van der Waals surface area contributed by atoms with Gasteiger partial charge in [-0.15, -0.1) is 0 Å². The van der Waals surface area contributed by atoms with Crippen LogP contribution < -0.4 is 5.32 Å². The molecule has 5 rings (SSSR count). The number of unbranched alkanes of at least 4 members (excludes halogenated alkanes) is 2. The molecule has 3 atom stereocenters. The van der Waals surface area contributed by atoms with Crippen molar-refractivity contribution in [2.75, 3.05) is 13.1 Å². The van der Waals surface area contributed by atoms with Crippen molar-refractivity contribution in [3.8, 4) is 11.1 Å². The van der Waals surface area contributed by atoms with E-state index >= 15 is 0 Å². The first-order chi connectivity index (χ1) is 19.1. The summed E-state index contributed by atoms with van der Waals surface area (Å²) in [6, 6.07) is 24.1. The summed E-state index contributed by atoms with van der Waals surface area (Å²) >= 11 is 0. The highest BCUT2D eigenvalue weighted by molar-refractivity contribution is 5.98. The van der Waals surface area contributed by atoms with Crippen LogP contribution >= 0.6 is 0 Å². The fourth-order valence-corrected chi connectivity index (χ4v) is 5.89. The molecule has 0 radical (unpaired) electrons. The molecule has 1 heterocycles. The van der Waals surface area contributed by atoms with Crippen molar-refractivity contribution in [3.63, 3.8) is 0 Å². The summed E-state index contributed by atoms with van der Waals surface area (Å²) in [6.45, 7) is 1.56. The summed E-state index contributed by atoms with van der Waals surface area (Å²) in [5, 5.41) is 3.07. The summed E-state index contributed by atoms with van der Waals surface area (Å²) in [6.07, 6.45) is 9.29. The number of nitrogens with one attached hydrogen (secondary N) is 1. The van der Waals surface area contributed by atoms with Gasteiger partial charge >= 0.3 is 0 Å². The minimum atomic E-state index is -0.489. The van der Waals surface area contributed by atoms with E-state index in [-0.39, 0.29) is 17.6 Å². The largest absolute Gasteiger partial charge is 0.341 e. The van der Waals surface area contributed by atoms with E-state index in [9.17, 15) is 14.0 Å². The molecule has 0 spiro atoms. The predicted molar refractivity (Wildman–Crippen MR) is 154 cm³/mol. The molecular weight excluding hydrogens is 487 g/mol. The monoisotopic (exact) mass is 526 g/mol. The molecule has 3 aromatic carbocycles. The SMILES string of the molecule is O=C(N[C@@H](CCCCC[C@@H]1C[C@H]1c1ccc(F)cc1)C(=O)N1CCCCC1)c1ccc(-c2ccccc2)cc1. The molecule has 3 aromatic rings. The quantitative estimate of drug-likeness (QED) is 0.265. The molecule has 204 valence electrons. The van der Waals surface area contributed by atoms with Crippen molar-refractivity contribution in [1.82, 2.24) is 10.2 Å². The Balaban J connectivity index is 1.13. The highest BCUT2D eigenvalue weighted by atomic mass is 19.1. The standard InChI is InChI=1S/C34H39FN2O2/c35-30-20-18-27(19-21-30)31-24-29(31)12-6-2-7-13-32(34(39)37-22-8-3-9-23-37)36-33(38)28-16-14-26(15-17-28)25-10-4-1-5-11-25/h1,4-5,10-11,14-21,29,31-32H,2-3,6-9,12-13,22-24H2,(H,36,38)/t29-,31+,32+/m1/s1. The second kappa shape index (κ2) is 13.1. The lowest BCUT2D eigenvalue weighted by Gasteiger charge is -2.31. The van der Waals surface area contributed by atoms with Gasteiger partial charge in [0.1, 0.15) is 11.9 Å². The summed E-state index contributed by atoms with van der Waals surface area (Å²) < 4.78 is 13.2. The molecule has 1 N–H and O–H groups in total. The van der Waals surface area contributed by atoms with Crippen LogP contribution in [0.25, 0.3) is 11.1 Å². The van der Waals surface area contributed by atoms with Gasteiger partial charge in [-0.05, 0) is 91.3 Å². The zero-order chi connectivity index (χ0) is 27.0. The summed E-state index contributed by atoms with van der Waals surface area (Å²) in [5.41, 5.74) is 3.99. The summed E-state index contributed by atoms with van der Waals surface area (Å²) in [5.74, 6) is 0.930. The van der Waals surface area contributed by atoms with Gasteiger partial charge in [-0.25, -0.2) is 4.39 Å². The van der Waals surface area contributed by atoms with Gasteiger partial charge in [-0.3, -0.25) is 9.59 Å². The van der Waals surface area contributed by atoms with E-state index < -0.39 is 6.04 Å². The topological polar surface area (TPSA) is 49.4 Å². The third-order valence-electron chi connectivity index (χ3n) is 8.31. The van der Waals surface area contributed by atoms with Crippen LogP contribution in [-0.4, -0.2) is 35.8 Å². The highest BCUT2D eigenvalue weighted by Crippen LogP contribution is 2.50. The number of carbonyl (C=O) groups excluding carboxylic acids is 2. The van der Waals surface area contributed by atoms with Crippen molar-refractivity contribution in [2.24, 2.45) is 5.92 Å². The lowest BCUT2D eigenvalue weighted by molar-refractivity contribution is -0.134. The van der Waals surface area contributed by atoms with E-state index in [2.05, 4.69) is 17.4 Å². The lowest BCUT2D eigenvalue weighted by Crippen LogP contribution is -2.50. The van der Waals surface area contributed by atoms with E-state index in [1.165, 1.54) is 12.0 Å². The van der Waals surface area contributed by atoms with E-state index in [1.54, 1.807) is 12.1 Å². The Morgan fingerprint density at radius 1 is 0.821 bits per heavy atom. The maximum atomic E-state index is 13.4. The smallest absolute Gasteiger partial charge is 0.251 e. The second-order valence-corrected chi connectivity index (χ2v) is 11.1. The molecule has 0 bridgehead atoms. The fourth-order valence-electron chi connectivity index (χ4n) is 5.89. The Morgan fingerprint density at radius 2 is 1.51 bits per heavy atom. The molecule has 0 aromatic heterocycles. The summed E-state index contributed by atoms with van der Waals surface area (Å²) in [7, 11) is 0. The molecule has 0 unspecified atom stereocenters. The number of hydrogen-bond acceptors (Lipinski definition) is 2. The molecule has 1 aliphatic heterocycles. The highest BCUT2D eigenvalue weighted by Gasteiger charge is 2.37. The van der Waals surface area contributed by atoms with Gasteiger partial charge in [0.15, 0.2) is 0 Å². The van der Waals surface area contributed by atoms with Gasteiger partial charge < -0.3 is 10.2 Å². The molecule has 1 saturated carbocycles. The molecule has 39 heavy (non-hydrogen) atoms. The molecule has 1 saturated heterocycles. The Hall–Kier alpha value is -3.47. The first-order valence-corrected chi connectivity index (χ1v) is 14.6. The van der Waals surface area contributed by atoms with Crippen LogP contribution in [0, 0.1) is 11.7 Å². The zero-order valence-electron chi connectivity index (χ0n) is 22.7. The predicted octanol–water partition coefficient (Wildman–Crippen LogP) is 7.36. The minimum Gasteiger partial charge on any atom is -0.341 e. The fraction of sp³-hybridized carbons (Fsp3) is 0.412. The second-order valence-electron chi connectivity index (χ2n) is 11.1. The Morgan fingerprint density at radius 3 is 2.23 bits per heavy atom.